The van der Waals surface area contributed by atoms with Gasteiger partial charge in [0, 0.05) is 0 Å². The standard InChI is InChI=1S/C15H19NO5/c1-3-6-20-14(18)8-16-12-5-4-11(9-17)7-13(12)21-10(2)15(16)19/h4-5,7,10,17H,3,6,8-9H2,1-2H3. The minimum absolute atomic E-state index is 0.114. The summed E-state index contributed by atoms with van der Waals surface area (Å²) in [6, 6.07) is 5.02. The number of ether oxygens (including phenoxy) is 2. The van der Waals surface area contributed by atoms with Crippen molar-refractivity contribution in [2.24, 2.45) is 0 Å². The van der Waals surface area contributed by atoms with Gasteiger partial charge in [0.2, 0.25) is 0 Å². The van der Waals surface area contributed by atoms with Gasteiger partial charge in [-0.05, 0) is 31.0 Å². The summed E-state index contributed by atoms with van der Waals surface area (Å²) in [5.74, 6) is -0.249. The number of carbonyl (C=O) groups is 2. The Morgan fingerprint density at radius 1 is 1.48 bits per heavy atom. The molecule has 1 unspecified atom stereocenters. The lowest BCUT2D eigenvalue weighted by atomic mass is 10.1. The van der Waals surface area contributed by atoms with Crippen LogP contribution in [0.15, 0.2) is 18.2 Å². The van der Waals surface area contributed by atoms with Gasteiger partial charge in [0.25, 0.3) is 5.91 Å². The fraction of sp³-hybridized carbons (Fsp3) is 0.467. The Hall–Kier alpha value is -2.08. The molecule has 114 valence electrons. The zero-order chi connectivity index (χ0) is 15.4. The number of hydrogen-bond donors (Lipinski definition) is 1. The molecule has 21 heavy (non-hydrogen) atoms. The SMILES string of the molecule is CCCOC(=O)CN1C(=O)C(C)Oc2cc(CO)ccc21. The van der Waals surface area contributed by atoms with Gasteiger partial charge in [-0.1, -0.05) is 13.0 Å². The molecule has 1 N–H and O–H groups in total. The van der Waals surface area contributed by atoms with E-state index in [1.807, 2.05) is 6.92 Å². The second-order valence-corrected chi connectivity index (χ2v) is 4.87. The largest absolute Gasteiger partial charge is 0.479 e. The van der Waals surface area contributed by atoms with E-state index in [0.717, 1.165) is 6.42 Å². The number of hydrogen-bond acceptors (Lipinski definition) is 5. The summed E-state index contributed by atoms with van der Waals surface area (Å²) in [6.07, 6.45) is 0.0563. The number of aliphatic hydroxyl groups is 1. The number of rotatable bonds is 5. The van der Waals surface area contributed by atoms with Crippen molar-refractivity contribution < 1.29 is 24.2 Å². The molecule has 0 spiro atoms. The number of amides is 1. The lowest BCUT2D eigenvalue weighted by Gasteiger charge is -2.32. The van der Waals surface area contributed by atoms with Crippen molar-refractivity contribution in [2.45, 2.75) is 33.0 Å². The van der Waals surface area contributed by atoms with E-state index in [4.69, 9.17) is 14.6 Å². The second-order valence-electron chi connectivity index (χ2n) is 4.87. The van der Waals surface area contributed by atoms with Gasteiger partial charge in [-0.3, -0.25) is 14.5 Å². The topological polar surface area (TPSA) is 76.1 Å². The first kappa shape index (κ1) is 15.3. The van der Waals surface area contributed by atoms with Crippen molar-refractivity contribution in [3.63, 3.8) is 0 Å². The number of carbonyl (C=O) groups excluding carboxylic acids is 2. The summed E-state index contributed by atoms with van der Waals surface area (Å²) < 4.78 is 10.5. The molecule has 1 aromatic carbocycles. The molecular weight excluding hydrogens is 274 g/mol. The van der Waals surface area contributed by atoms with Crippen LogP contribution in [0.4, 0.5) is 5.69 Å². The Bertz CT molecular complexity index is 543. The average Bonchev–Trinajstić information content (AvgIpc) is 2.49. The van der Waals surface area contributed by atoms with Gasteiger partial charge < -0.3 is 14.6 Å². The van der Waals surface area contributed by atoms with Crippen LogP contribution < -0.4 is 9.64 Å². The van der Waals surface area contributed by atoms with E-state index in [1.165, 1.54) is 4.90 Å². The molecule has 0 saturated carbocycles. The van der Waals surface area contributed by atoms with Crippen molar-refractivity contribution >= 4 is 17.6 Å². The van der Waals surface area contributed by atoms with Gasteiger partial charge >= 0.3 is 5.97 Å². The van der Waals surface area contributed by atoms with Gasteiger partial charge in [0.15, 0.2) is 6.10 Å². The maximum absolute atomic E-state index is 12.2. The highest BCUT2D eigenvalue weighted by Crippen LogP contribution is 2.34. The first-order valence-electron chi connectivity index (χ1n) is 6.94. The average molecular weight is 293 g/mol. The molecule has 2 rings (SSSR count). The van der Waals surface area contributed by atoms with Crippen LogP contribution >= 0.6 is 0 Å². The molecule has 1 atom stereocenters. The molecule has 6 nitrogen and oxygen atoms in total. The highest BCUT2D eigenvalue weighted by atomic mass is 16.5. The third kappa shape index (κ3) is 3.33. The fourth-order valence-corrected chi connectivity index (χ4v) is 2.11. The van der Waals surface area contributed by atoms with Gasteiger partial charge in [0.05, 0.1) is 18.9 Å². The van der Waals surface area contributed by atoms with E-state index in [1.54, 1.807) is 25.1 Å². The minimum Gasteiger partial charge on any atom is -0.479 e. The maximum Gasteiger partial charge on any atom is 0.326 e. The normalized spacial score (nSPS) is 17.2. The first-order valence-corrected chi connectivity index (χ1v) is 6.94. The van der Waals surface area contributed by atoms with Crippen LogP contribution in [0, 0.1) is 0 Å². The number of aliphatic hydroxyl groups excluding tert-OH is 1. The van der Waals surface area contributed by atoms with Crippen molar-refractivity contribution in [3.05, 3.63) is 23.8 Å². The number of anilines is 1. The van der Waals surface area contributed by atoms with E-state index < -0.39 is 12.1 Å². The van der Waals surface area contributed by atoms with Crippen LogP contribution in [0.25, 0.3) is 0 Å². The van der Waals surface area contributed by atoms with E-state index in [9.17, 15) is 9.59 Å². The summed E-state index contributed by atoms with van der Waals surface area (Å²) in [6.45, 7) is 3.61. The van der Waals surface area contributed by atoms with Crippen LogP contribution in [0.1, 0.15) is 25.8 Å². The Morgan fingerprint density at radius 2 is 2.24 bits per heavy atom. The smallest absolute Gasteiger partial charge is 0.326 e. The molecule has 1 amide bonds. The van der Waals surface area contributed by atoms with Crippen molar-refractivity contribution in [1.82, 2.24) is 0 Å². The Balaban J connectivity index is 2.24. The Kier molecular flexibility index (Phi) is 4.80. The molecule has 1 aliphatic rings. The predicted molar refractivity (Wildman–Crippen MR) is 76.1 cm³/mol. The molecule has 0 saturated heterocycles. The quantitative estimate of drug-likeness (QED) is 0.827. The monoisotopic (exact) mass is 293 g/mol. The number of fused-ring (bicyclic) bond motifs is 1. The molecular formula is C15H19NO5. The number of benzene rings is 1. The summed E-state index contributed by atoms with van der Waals surface area (Å²) in [5.41, 5.74) is 1.20. The van der Waals surface area contributed by atoms with Crippen molar-refractivity contribution in [1.29, 1.82) is 0 Å². The molecule has 6 heteroatoms. The van der Waals surface area contributed by atoms with Crippen LogP contribution in [-0.4, -0.2) is 36.2 Å². The third-order valence-corrected chi connectivity index (χ3v) is 3.17. The van der Waals surface area contributed by atoms with Gasteiger partial charge in [-0.2, -0.15) is 0 Å². The Labute approximate surface area is 123 Å². The number of esters is 1. The summed E-state index contributed by atoms with van der Waals surface area (Å²) in [4.78, 5) is 25.3. The van der Waals surface area contributed by atoms with Crippen LogP contribution in [-0.2, 0) is 20.9 Å². The van der Waals surface area contributed by atoms with E-state index in [0.29, 0.717) is 23.6 Å². The zero-order valence-corrected chi connectivity index (χ0v) is 12.2. The summed E-state index contributed by atoms with van der Waals surface area (Å²) >= 11 is 0. The lowest BCUT2D eigenvalue weighted by molar-refractivity contribution is -0.143. The first-order chi connectivity index (χ1) is 10.1. The van der Waals surface area contributed by atoms with E-state index >= 15 is 0 Å². The second kappa shape index (κ2) is 6.58. The highest BCUT2D eigenvalue weighted by Gasteiger charge is 2.33. The maximum atomic E-state index is 12.2. The van der Waals surface area contributed by atoms with Gasteiger partial charge in [-0.25, -0.2) is 0 Å². The summed E-state index contributed by atoms with van der Waals surface area (Å²) in [7, 11) is 0. The molecule has 0 radical (unpaired) electrons. The molecule has 1 aliphatic heterocycles. The highest BCUT2D eigenvalue weighted by molar-refractivity contribution is 6.03. The molecule has 1 aromatic rings. The van der Waals surface area contributed by atoms with Crippen LogP contribution in [0.2, 0.25) is 0 Å². The third-order valence-electron chi connectivity index (χ3n) is 3.17. The van der Waals surface area contributed by atoms with Crippen molar-refractivity contribution in [3.8, 4) is 5.75 Å². The molecule has 0 bridgehead atoms. The minimum atomic E-state index is -0.676. The predicted octanol–water partition coefficient (Wildman–Crippen LogP) is 1.25. The fourth-order valence-electron chi connectivity index (χ4n) is 2.11. The zero-order valence-electron chi connectivity index (χ0n) is 12.2. The lowest BCUT2D eigenvalue weighted by Crippen LogP contribution is -2.47. The van der Waals surface area contributed by atoms with Gasteiger partial charge in [0.1, 0.15) is 12.3 Å². The summed E-state index contributed by atoms with van der Waals surface area (Å²) in [5, 5.41) is 9.16. The van der Waals surface area contributed by atoms with Crippen LogP contribution in [0.5, 0.6) is 5.75 Å². The number of nitrogens with zero attached hydrogens (tertiary/aromatic N) is 1. The molecule has 0 aliphatic carbocycles. The molecule has 1 heterocycles. The van der Waals surface area contributed by atoms with E-state index in [-0.39, 0.29) is 19.1 Å². The molecule has 0 fully saturated rings. The Morgan fingerprint density at radius 3 is 2.90 bits per heavy atom. The molecule has 0 aromatic heterocycles. The van der Waals surface area contributed by atoms with E-state index in [2.05, 4.69) is 0 Å². The van der Waals surface area contributed by atoms with Gasteiger partial charge in [-0.15, -0.1) is 0 Å². The van der Waals surface area contributed by atoms with Crippen LogP contribution in [0.3, 0.4) is 0 Å². The van der Waals surface area contributed by atoms with Crippen molar-refractivity contribution in [2.75, 3.05) is 18.1 Å².